The van der Waals surface area contributed by atoms with Gasteiger partial charge in [0.25, 0.3) is 5.56 Å². The first kappa shape index (κ1) is 20.9. The van der Waals surface area contributed by atoms with Crippen molar-refractivity contribution in [2.45, 2.75) is 26.8 Å². The maximum atomic E-state index is 13.4. The SMILES string of the molecule is CCOC(=O)C1=C(C)N=c2s/c(=C\c3ccc(F)cc3)c(=O)n2C1c1ccc(C)cc1. The number of rotatable bonds is 4. The van der Waals surface area contributed by atoms with Crippen molar-refractivity contribution in [3.63, 3.8) is 0 Å². The monoisotopic (exact) mass is 436 g/mol. The van der Waals surface area contributed by atoms with Gasteiger partial charge in [-0.2, -0.15) is 0 Å². The Morgan fingerprint density at radius 1 is 1.16 bits per heavy atom. The average Bonchev–Trinajstić information content (AvgIpc) is 3.04. The summed E-state index contributed by atoms with van der Waals surface area (Å²) in [5, 5.41) is 0. The first-order valence-corrected chi connectivity index (χ1v) is 10.7. The summed E-state index contributed by atoms with van der Waals surface area (Å²) in [7, 11) is 0. The lowest BCUT2D eigenvalue weighted by atomic mass is 9.95. The fraction of sp³-hybridized carbons (Fsp3) is 0.208. The molecule has 4 rings (SSSR count). The molecule has 1 atom stereocenters. The number of thiazole rings is 1. The van der Waals surface area contributed by atoms with Crippen molar-refractivity contribution in [2.24, 2.45) is 4.99 Å². The Labute approximate surface area is 182 Å². The molecule has 0 amide bonds. The summed E-state index contributed by atoms with van der Waals surface area (Å²) in [6.07, 6.45) is 1.71. The van der Waals surface area contributed by atoms with Crippen molar-refractivity contribution in [3.05, 3.63) is 102 Å². The molecule has 0 radical (unpaired) electrons. The van der Waals surface area contributed by atoms with Crippen LogP contribution in [0, 0.1) is 12.7 Å². The van der Waals surface area contributed by atoms with Crippen molar-refractivity contribution in [3.8, 4) is 0 Å². The lowest BCUT2D eigenvalue weighted by Gasteiger charge is -2.24. The van der Waals surface area contributed by atoms with E-state index in [9.17, 15) is 14.0 Å². The summed E-state index contributed by atoms with van der Waals surface area (Å²) >= 11 is 1.24. The molecule has 0 N–H and O–H groups in total. The molecule has 2 aromatic carbocycles. The van der Waals surface area contributed by atoms with E-state index >= 15 is 0 Å². The molecule has 1 unspecified atom stereocenters. The highest BCUT2D eigenvalue weighted by atomic mass is 32.1. The second-order valence-corrected chi connectivity index (χ2v) is 8.27. The quantitative estimate of drug-likeness (QED) is 0.590. The number of benzene rings is 2. The van der Waals surface area contributed by atoms with Crippen molar-refractivity contribution in [2.75, 3.05) is 6.61 Å². The number of aryl methyl sites for hydroxylation is 1. The van der Waals surface area contributed by atoms with Crippen LogP contribution in [0.1, 0.15) is 36.6 Å². The molecule has 0 saturated heterocycles. The fourth-order valence-electron chi connectivity index (χ4n) is 3.57. The van der Waals surface area contributed by atoms with E-state index in [1.807, 2.05) is 31.2 Å². The van der Waals surface area contributed by atoms with Crippen LogP contribution in [0.5, 0.6) is 0 Å². The molecule has 1 aliphatic rings. The minimum Gasteiger partial charge on any atom is -0.463 e. The average molecular weight is 437 g/mol. The second-order valence-electron chi connectivity index (χ2n) is 7.26. The van der Waals surface area contributed by atoms with E-state index in [1.165, 1.54) is 23.5 Å². The van der Waals surface area contributed by atoms with Gasteiger partial charge in [0.15, 0.2) is 4.80 Å². The van der Waals surface area contributed by atoms with Crippen LogP contribution < -0.4 is 14.9 Å². The van der Waals surface area contributed by atoms with Gasteiger partial charge in [-0.05, 0) is 50.1 Å². The van der Waals surface area contributed by atoms with Crippen LogP contribution in [-0.4, -0.2) is 17.1 Å². The summed E-state index contributed by atoms with van der Waals surface area (Å²) < 4.78 is 20.5. The number of hydrogen-bond acceptors (Lipinski definition) is 5. The van der Waals surface area contributed by atoms with E-state index < -0.39 is 12.0 Å². The summed E-state index contributed by atoms with van der Waals surface area (Å²) in [5.41, 5.74) is 3.21. The maximum absolute atomic E-state index is 13.4. The number of carbonyl (C=O) groups excluding carboxylic acids is 1. The Morgan fingerprint density at radius 3 is 2.48 bits per heavy atom. The van der Waals surface area contributed by atoms with Gasteiger partial charge in [0.2, 0.25) is 0 Å². The summed E-state index contributed by atoms with van der Waals surface area (Å²) in [4.78, 5) is 31.3. The Bertz CT molecular complexity index is 1350. The minimum atomic E-state index is -0.633. The number of aromatic nitrogens is 1. The van der Waals surface area contributed by atoms with Gasteiger partial charge in [0.05, 0.1) is 28.5 Å². The minimum absolute atomic E-state index is 0.227. The van der Waals surface area contributed by atoms with E-state index in [-0.39, 0.29) is 18.0 Å². The fourth-order valence-corrected chi connectivity index (χ4v) is 4.61. The Morgan fingerprint density at radius 2 is 1.84 bits per heavy atom. The smallest absolute Gasteiger partial charge is 0.338 e. The van der Waals surface area contributed by atoms with Gasteiger partial charge in [-0.1, -0.05) is 53.3 Å². The van der Waals surface area contributed by atoms with Gasteiger partial charge < -0.3 is 4.74 Å². The predicted octanol–water partition coefficient (Wildman–Crippen LogP) is 3.25. The van der Waals surface area contributed by atoms with Crippen LogP contribution in [0.2, 0.25) is 0 Å². The topological polar surface area (TPSA) is 60.7 Å². The molecule has 2 heterocycles. The number of hydrogen-bond donors (Lipinski definition) is 0. The third-order valence-electron chi connectivity index (χ3n) is 5.08. The molecule has 1 aliphatic heterocycles. The highest BCUT2D eigenvalue weighted by Crippen LogP contribution is 2.30. The van der Waals surface area contributed by atoms with E-state index in [4.69, 9.17) is 4.74 Å². The van der Waals surface area contributed by atoms with E-state index in [0.29, 0.717) is 26.2 Å². The third kappa shape index (κ3) is 4.01. The molecule has 0 fully saturated rings. The van der Waals surface area contributed by atoms with Gasteiger partial charge in [0, 0.05) is 0 Å². The van der Waals surface area contributed by atoms with Crippen LogP contribution in [0.4, 0.5) is 4.39 Å². The number of ether oxygens (including phenoxy) is 1. The molecule has 7 heteroatoms. The molecule has 1 aromatic heterocycles. The number of esters is 1. The lowest BCUT2D eigenvalue weighted by molar-refractivity contribution is -0.139. The lowest BCUT2D eigenvalue weighted by Crippen LogP contribution is -2.39. The van der Waals surface area contributed by atoms with Gasteiger partial charge in [-0.15, -0.1) is 0 Å². The van der Waals surface area contributed by atoms with Gasteiger partial charge in [-0.3, -0.25) is 9.36 Å². The number of carbonyl (C=O) groups is 1. The summed E-state index contributed by atoms with van der Waals surface area (Å²) in [6.45, 7) is 5.70. The first-order valence-electron chi connectivity index (χ1n) is 9.91. The zero-order valence-corrected chi connectivity index (χ0v) is 18.2. The molecule has 0 saturated carbocycles. The second kappa shape index (κ2) is 8.43. The summed E-state index contributed by atoms with van der Waals surface area (Å²) in [6, 6.07) is 13.0. The molecular weight excluding hydrogens is 415 g/mol. The van der Waals surface area contributed by atoms with Crippen LogP contribution in [0.25, 0.3) is 6.08 Å². The molecule has 3 aromatic rings. The Balaban J connectivity index is 1.94. The molecule has 0 aliphatic carbocycles. The van der Waals surface area contributed by atoms with Crippen LogP contribution in [0.15, 0.2) is 69.6 Å². The molecule has 5 nitrogen and oxygen atoms in total. The van der Waals surface area contributed by atoms with Crippen LogP contribution in [-0.2, 0) is 9.53 Å². The van der Waals surface area contributed by atoms with Crippen LogP contribution >= 0.6 is 11.3 Å². The predicted molar refractivity (Wildman–Crippen MR) is 118 cm³/mol. The molecule has 0 spiro atoms. The number of nitrogens with zero attached hydrogens (tertiary/aromatic N) is 2. The maximum Gasteiger partial charge on any atom is 0.338 e. The normalized spacial score (nSPS) is 16.1. The van der Waals surface area contributed by atoms with Gasteiger partial charge in [0.1, 0.15) is 5.82 Å². The molecule has 0 bridgehead atoms. The van der Waals surface area contributed by atoms with Crippen LogP contribution in [0.3, 0.4) is 0 Å². The van der Waals surface area contributed by atoms with E-state index in [0.717, 1.165) is 11.1 Å². The largest absolute Gasteiger partial charge is 0.463 e. The van der Waals surface area contributed by atoms with Gasteiger partial charge in [-0.25, -0.2) is 14.2 Å². The van der Waals surface area contributed by atoms with Crippen molar-refractivity contribution >= 4 is 23.4 Å². The highest BCUT2D eigenvalue weighted by molar-refractivity contribution is 7.07. The first-order chi connectivity index (χ1) is 14.9. The van der Waals surface area contributed by atoms with Crippen molar-refractivity contribution in [1.82, 2.24) is 4.57 Å². The van der Waals surface area contributed by atoms with Crippen molar-refractivity contribution < 1.29 is 13.9 Å². The molecular formula is C24H21FN2O3S. The molecule has 31 heavy (non-hydrogen) atoms. The Kier molecular flexibility index (Phi) is 5.69. The Hall–Kier alpha value is -3.32. The number of allylic oxidation sites excluding steroid dienone is 1. The van der Waals surface area contributed by atoms with E-state index in [1.54, 1.807) is 36.6 Å². The number of halogens is 1. The van der Waals surface area contributed by atoms with E-state index in [2.05, 4.69) is 4.99 Å². The zero-order chi connectivity index (χ0) is 22.1. The third-order valence-corrected chi connectivity index (χ3v) is 6.06. The zero-order valence-electron chi connectivity index (χ0n) is 17.4. The highest BCUT2D eigenvalue weighted by Gasteiger charge is 2.33. The number of fused-ring (bicyclic) bond motifs is 1. The standard InChI is InChI=1S/C24H21FN2O3S/c1-4-30-23(29)20-15(3)26-24-27(21(20)17-9-5-14(2)6-10-17)22(28)19(31-24)13-16-7-11-18(25)12-8-16/h5-13,21H,4H2,1-3H3/b19-13-. The molecule has 158 valence electrons. The summed E-state index contributed by atoms with van der Waals surface area (Å²) in [5.74, 6) is -0.824. The van der Waals surface area contributed by atoms with Crippen molar-refractivity contribution in [1.29, 1.82) is 0 Å². The van der Waals surface area contributed by atoms with Gasteiger partial charge >= 0.3 is 5.97 Å².